The quantitative estimate of drug-likeness (QED) is 0.821. The van der Waals surface area contributed by atoms with Crippen LogP contribution < -0.4 is 0 Å². The van der Waals surface area contributed by atoms with Crippen LogP contribution in [0.1, 0.15) is 40.6 Å². The third-order valence-electron chi connectivity index (χ3n) is 6.01. The van der Waals surface area contributed by atoms with E-state index in [9.17, 15) is 9.59 Å². The van der Waals surface area contributed by atoms with E-state index in [1.165, 1.54) is 0 Å². The van der Waals surface area contributed by atoms with Crippen LogP contribution >= 0.6 is 0 Å². The average Bonchev–Trinajstić information content (AvgIpc) is 3.31. The lowest BCUT2D eigenvalue weighted by molar-refractivity contribution is -0.138. The van der Waals surface area contributed by atoms with Gasteiger partial charge in [0.15, 0.2) is 5.72 Å². The van der Waals surface area contributed by atoms with Crippen LogP contribution in [0.2, 0.25) is 0 Å². The molecule has 5 rings (SSSR count). The molecule has 0 aliphatic carbocycles. The Morgan fingerprint density at radius 1 is 1.19 bits per heavy atom. The first-order valence-corrected chi connectivity index (χ1v) is 9.36. The normalized spacial score (nSPS) is 29.1. The predicted octanol–water partition coefficient (Wildman–Crippen LogP) is 2.30. The van der Waals surface area contributed by atoms with E-state index in [4.69, 9.17) is 4.74 Å². The smallest absolute Gasteiger partial charge is 0.272 e. The number of carbonyl (C=O) groups excluding carboxylic acids is 2. The summed E-state index contributed by atoms with van der Waals surface area (Å²) in [6, 6.07) is 15.1. The van der Waals surface area contributed by atoms with Gasteiger partial charge in [0.1, 0.15) is 5.69 Å². The molecule has 6 nitrogen and oxygen atoms in total. The first kappa shape index (κ1) is 16.4. The third kappa shape index (κ3) is 2.33. The number of benzene rings is 1. The maximum absolute atomic E-state index is 13.1. The second-order valence-corrected chi connectivity index (χ2v) is 7.48. The zero-order valence-corrected chi connectivity index (χ0v) is 15.2. The fourth-order valence-corrected chi connectivity index (χ4v) is 4.82. The number of pyridine rings is 1. The molecule has 6 heteroatoms. The van der Waals surface area contributed by atoms with Crippen LogP contribution in [0.3, 0.4) is 0 Å². The van der Waals surface area contributed by atoms with Gasteiger partial charge in [0.05, 0.1) is 25.1 Å². The fraction of sp³-hybridized carbons (Fsp3) is 0.381. The summed E-state index contributed by atoms with van der Waals surface area (Å²) >= 11 is 0. The van der Waals surface area contributed by atoms with Gasteiger partial charge in [-0.1, -0.05) is 36.4 Å². The highest BCUT2D eigenvalue weighted by Crippen LogP contribution is 2.51. The van der Waals surface area contributed by atoms with Crippen molar-refractivity contribution in [2.24, 2.45) is 0 Å². The minimum absolute atomic E-state index is 0.0565. The zero-order chi connectivity index (χ0) is 18.6. The van der Waals surface area contributed by atoms with Gasteiger partial charge in [-0.3, -0.25) is 9.59 Å². The number of aryl methyl sites for hydroxylation is 1. The standard InChI is InChI=1S/C21H21N3O3/c1-14-6-5-9-16(22-14)20(26)23-11-10-21-18(23)12-19(25)24(21)17(13-27-21)15-7-3-2-4-8-15/h2-9,17-18H,10-13H2,1H3/t17-,18+,21-/m0/s1. The molecule has 27 heavy (non-hydrogen) atoms. The van der Waals surface area contributed by atoms with E-state index in [0.29, 0.717) is 31.7 Å². The van der Waals surface area contributed by atoms with Crippen LogP contribution in [0.15, 0.2) is 48.5 Å². The predicted molar refractivity (Wildman–Crippen MR) is 97.7 cm³/mol. The number of hydrogen-bond donors (Lipinski definition) is 0. The molecule has 0 saturated carbocycles. The second-order valence-electron chi connectivity index (χ2n) is 7.48. The van der Waals surface area contributed by atoms with Crippen molar-refractivity contribution in [3.63, 3.8) is 0 Å². The maximum Gasteiger partial charge on any atom is 0.272 e. The summed E-state index contributed by atoms with van der Waals surface area (Å²) in [7, 11) is 0. The molecule has 138 valence electrons. The van der Waals surface area contributed by atoms with E-state index in [1.807, 2.05) is 54.3 Å². The van der Waals surface area contributed by atoms with E-state index in [-0.39, 0.29) is 23.9 Å². The molecule has 3 fully saturated rings. The van der Waals surface area contributed by atoms with Gasteiger partial charge in [0.25, 0.3) is 5.91 Å². The van der Waals surface area contributed by atoms with Crippen LogP contribution in [0, 0.1) is 6.92 Å². The van der Waals surface area contributed by atoms with Crippen molar-refractivity contribution in [2.45, 2.75) is 37.6 Å². The molecule has 1 aromatic carbocycles. The molecule has 2 amide bonds. The van der Waals surface area contributed by atoms with Crippen molar-refractivity contribution in [1.29, 1.82) is 0 Å². The Hall–Kier alpha value is -2.73. The summed E-state index contributed by atoms with van der Waals surface area (Å²) in [5.74, 6) is -0.0666. The molecule has 1 spiro atoms. The molecule has 0 bridgehead atoms. The van der Waals surface area contributed by atoms with Gasteiger partial charge >= 0.3 is 0 Å². The summed E-state index contributed by atoms with van der Waals surface area (Å²) in [4.78, 5) is 34.0. The lowest BCUT2D eigenvalue weighted by Crippen LogP contribution is -2.49. The summed E-state index contributed by atoms with van der Waals surface area (Å²) < 4.78 is 6.26. The second kappa shape index (κ2) is 5.89. The van der Waals surface area contributed by atoms with Crippen molar-refractivity contribution < 1.29 is 14.3 Å². The minimum Gasteiger partial charge on any atom is -0.351 e. The SMILES string of the molecule is Cc1cccc(C(=O)N2CC[C@@]34OC[C@@H](c5ccccc5)N3C(=O)C[C@@H]24)n1. The van der Waals surface area contributed by atoms with Gasteiger partial charge in [0, 0.05) is 18.7 Å². The fourth-order valence-electron chi connectivity index (χ4n) is 4.82. The molecule has 1 aromatic heterocycles. The van der Waals surface area contributed by atoms with E-state index < -0.39 is 5.72 Å². The largest absolute Gasteiger partial charge is 0.351 e. The van der Waals surface area contributed by atoms with E-state index in [0.717, 1.165) is 11.3 Å². The molecule has 3 aliphatic rings. The molecule has 3 atom stereocenters. The molecule has 3 saturated heterocycles. The van der Waals surface area contributed by atoms with Crippen LogP contribution in [0.25, 0.3) is 0 Å². The van der Waals surface area contributed by atoms with Gasteiger partial charge in [-0.05, 0) is 24.6 Å². The summed E-state index contributed by atoms with van der Waals surface area (Å²) in [5.41, 5.74) is 1.61. The Labute approximate surface area is 157 Å². The van der Waals surface area contributed by atoms with Crippen molar-refractivity contribution in [3.05, 3.63) is 65.5 Å². The van der Waals surface area contributed by atoms with Gasteiger partial charge in [-0.15, -0.1) is 0 Å². The summed E-state index contributed by atoms with van der Waals surface area (Å²) in [5, 5.41) is 0. The van der Waals surface area contributed by atoms with Crippen LogP contribution in [-0.4, -0.2) is 51.5 Å². The number of rotatable bonds is 2. The van der Waals surface area contributed by atoms with Crippen molar-refractivity contribution in [2.75, 3.05) is 13.2 Å². The van der Waals surface area contributed by atoms with E-state index in [2.05, 4.69) is 4.98 Å². The van der Waals surface area contributed by atoms with Gasteiger partial charge in [0.2, 0.25) is 5.91 Å². The minimum atomic E-state index is -0.697. The van der Waals surface area contributed by atoms with Crippen molar-refractivity contribution in [1.82, 2.24) is 14.8 Å². The summed E-state index contributed by atoms with van der Waals surface area (Å²) in [6.07, 6.45) is 0.950. The molecular formula is C21H21N3O3. The number of amides is 2. The topological polar surface area (TPSA) is 62.7 Å². The number of ether oxygens (including phenoxy) is 1. The maximum atomic E-state index is 13.1. The van der Waals surface area contributed by atoms with Crippen LogP contribution in [0.5, 0.6) is 0 Å². The molecule has 3 aliphatic heterocycles. The lowest BCUT2D eigenvalue weighted by Gasteiger charge is -2.33. The Morgan fingerprint density at radius 3 is 2.78 bits per heavy atom. The number of carbonyl (C=O) groups is 2. The molecule has 4 heterocycles. The Bertz CT molecular complexity index is 916. The highest BCUT2D eigenvalue weighted by atomic mass is 16.5. The number of hydrogen-bond acceptors (Lipinski definition) is 4. The van der Waals surface area contributed by atoms with Crippen LogP contribution in [0.4, 0.5) is 0 Å². The monoisotopic (exact) mass is 363 g/mol. The van der Waals surface area contributed by atoms with Gasteiger partial charge in [-0.2, -0.15) is 0 Å². The molecule has 2 aromatic rings. The number of nitrogens with zero attached hydrogens (tertiary/aromatic N) is 3. The number of aromatic nitrogens is 1. The van der Waals surface area contributed by atoms with Crippen molar-refractivity contribution in [3.8, 4) is 0 Å². The Balaban J connectivity index is 1.47. The highest BCUT2D eigenvalue weighted by molar-refractivity contribution is 5.94. The highest BCUT2D eigenvalue weighted by Gasteiger charge is 2.65. The molecule has 0 radical (unpaired) electrons. The number of likely N-dealkylation sites (tertiary alicyclic amines) is 1. The summed E-state index contributed by atoms with van der Waals surface area (Å²) in [6.45, 7) is 2.91. The first-order valence-electron chi connectivity index (χ1n) is 9.36. The Morgan fingerprint density at radius 2 is 2.00 bits per heavy atom. The average molecular weight is 363 g/mol. The molecule has 0 unspecified atom stereocenters. The van der Waals surface area contributed by atoms with E-state index >= 15 is 0 Å². The van der Waals surface area contributed by atoms with Gasteiger partial charge < -0.3 is 14.5 Å². The van der Waals surface area contributed by atoms with Gasteiger partial charge in [-0.25, -0.2) is 4.98 Å². The van der Waals surface area contributed by atoms with E-state index in [1.54, 1.807) is 11.0 Å². The van der Waals surface area contributed by atoms with Crippen LogP contribution in [-0.2, 0) is 9.53 Å². The third-order valence-corrected chi connectivity index (χ3v) is 6.01. The van der Waals surface area contributed by atoms with Crippen molar-refractivity contribution >= 4 is 11.8 Å². The molecular weight excluding hydrogens is 342 g/mol. The molecule has 0 N–H and O–H groups in total. The first-order chi connectivity index (χ1) is 13.1. The Kier molecular flexibility index (Phi) is 3.59. The lowest BCUT2D eigenvalue weighted by atomic mass is 10.0. The zero-order valence-electron chi connectivity index (χ0n) is 15.2.